The van der Waals surface area contributed by atoms with Crippen LogP contribution in [0, 0.1) is 6.92 Å². The lowest BCUT2D eigenvalue weighted by molar-refractivity contribution is -0.113. The molecule has 0 spiro atoms. The summed E-state index contributed by atoms with van der Waals surface area (Å²) in [5, 5.41) is 0. The molecule has 1 fully saturated rings. The van der Waals surface area contributed by atoms with Gasteiger partial charge in [0.15, 0.2) is 4.32 Å². The van der Waals surface area contributed by atoms with Crippen LogP contribution in [0.4, 0.5) is 5.69 Å². The average molecular weight is 421 g/mol. The molecule has 0 bridgehead atoms. The van der Waals surface area contributed by atoms with E-state index in [9.17, 15) is 9.59 Å². The molecular formula is C22H15NO4S2. The Bertz CT molecular complexity index is 1120. The number of thioether (sulfide) groups is 1. The van der Waals surface area contributed by atoms with E-state index in [1.165, 1.54) is 29.0 Å². The third kappa shape index (κ3) is 4.16. The molecule has 3 aromatic rings. The average Bonchev–Trinajstić information content (AvgIpc) is 3.32. The van der Waals surface area contributed by atoms with E-state index >= 15 is 0 Å². The quantitative estimate of drug-likeness (QED) is 0.249. The van der Waals surface area contributed by atoms with Gasteiger partial charge >= 0.3 is 5.97 Å². The van der Waals surface area contributed by atoms with E-state index in [0.717, 1.165) is 16.8 Å². The molecule has 2 aromatic carbocycles. The lowest BCUT2D eigenvalue weighted by atomic mass is 10.2. The molecule has 0 unspecified atom stereocenters. The Balaban J connectivity index is 1.55. The largest absolute Gasteiger partial charge is 0.457 e. The number of hydrogen-bond acceptors (Lipinski definition) is 6. The molecule has 1 aromatic heterocycles. The topological polar surface area (TPSA) is 59.8 Å². The van der Waals surface area contributed by atoms with E-state index in [-0.39, 0.29) is 11.7 Å². The summed E-state index contributed by atoms with van der Waals surface area (Å²) in [5.74, 6) is -0.289. The Morgan fingerprint density at radius 2 is 1.93 bits per heavy atom. The maximum atomic E-state index is 12.9. The minimum absolute atomic E-state index is 0.120. The van der Waals surface area contributed by atoms with Gasteiger partial charge in [-0.05, 0) is 55.0 Å². The molecule has 4 rings (SSSR count). The van der Waals surface area contributed by atoms with Crippen molar-refractivity contribution in [3.05, 3.63) is 88.7 Å². The molecule has 1 aliphatic heterocycles. The van der Waals surface area contributed by atoms with Crippen LogP contribution in [0.25, 0.3) is 6.08 Å². The van der Waals surface area contributed by atoms with Gasteiger partial charge in [0.05, 0.1) is 16.9 Å². The highest BCUT2D eigenvalue weighted by Crippen LogP contribution is 2.36. The number of ether oxygens (including phenoxy) is 1. The van der Waals surface area contributed by atoms with Crippen molar-refractivity contribution >= 4 is 51.9 Å². The number of benzene rings is 2. The van der Waals surface area contributed by atoms with Crippen molar-refractivity contribution in [2.45, 2.75) is 6.92 Å². The van der Waals surface area contributed by atoms with Crippen molar-refractivity contribution in [3.8, 4) is 5.75 Å². The van der Waals surface area contributed by atoms with Gasteiger partial charge in [-0.2, -0.15) is 0 Å². The highest BCUT2D eigenvalue weighted by molar-refractivity contribution is 8.27. The molecule has 1 amide bonds. The summed E-state index contributed by atoms with van der Waals surface area (Å²) in [5.41, 5.74) is 2.57. The SMILES string of the molecule is Cc1ccc(N2C(=O)C(=Cc3cccc(OC(=O)c4ccco4)c3)SC2=S)cc1. The molecular weight excluding hydrogens is 406 g/mol. The maximum Gasteiger partial charge on any atom is 0.379 e. The second-order valence-corrected chi connectivity index (χ2v) is 7.97. The molecule has 0 aliphatic carbocycles. The first-order valence-corrected chi connectivity index (χ1v) is 9.94. The van der Waals surface area contributed by atoms with E-state index in [1.54, 1.807) is 30.3 Å². The Morgan fingerprint density at radius 1 is 1.14 bits per heavy atom. The Kier molecular flexibility index (Phi) is 5.33. The number of furan rings is 1. The van der Waals surface area contributed by atoms with Crippen molar-refractivity contribution in [1.82, 2.24) is 0 Å². The number of anilines is 1. The zero-order chi connectivity index (χ0) is 20.4. The second-order valence-electron chi connectivity index (χ2n) is 6.29. The summed E-state index contributed by atoms with van der Waals surface area (Å²) < 4.78 is 10.8. The highest BCUT2D eigenvalue weighted by Gasteiger charge is 2.33. The summed E-state index contributed by atoms with van der Waals surface area (Å²) >= 11 is 6.64. The molecule has 0 N–H and O–H groups in total. The van der Waals surface area contributed by atoms with Gasteiger partial charge in [0, 0.05) is 0 Å². The fourth-order valence-electron chi connectivity index (χ4n) is 2.76. The molecule has 5 nitrogen and oxygen atoms in total. The molecule has 0 atom stereocenters. The summed E-state index contributed by atoms with van der Waals surface area (Å²) in [7, 11) is 0. The van der Waals surface area contributed by atoms with Gasteiger partial charge in [0.1, 0.15) is 5.75 Å². The monoisotopic (exact) mass is 421 g/mol. The molecule has 2 heterocycles. The van der Waals surface area contributed by atoms with Crippen LogP contribution in [0.5, 0.6) is 5.75 Å². The Labute approximate surface area is 177 Å². The van der Waals surface area contributed by atoms with Gasteiger partial charge in [0.2, 0.25) is 5.76 Å². The minimum atomic E-state index is -0.585. The predicted molar refractivity (Wildman–Crippen MR) is 117 cm³/mol. The van der Waals surface area contributed by atoms with E-state index in [1.807, 2.05) is 37.3 Å². The normalized spacial score (nSPS) is 15.2. The summed E-state index contributed by atoms with van der Waals surface area (Å²) in [6.07, 6.45) is 3.14. The summed E-state index contributed by atoms with van der Waals surface area (Å²) in [4.78, 5) is 26.9. The molecule has 1 aliphatic rings. The number of carbonyl (C=O) groups is 2. The summed E-state index contributed by atoms with van der Waals surface area (Å²) in [6.45, 7) is 1.99. The van der Waals surface area contributed by atoms with Gasteiger partial charge < -0.3 is 9.15 Å². The van der Waals surface area contributed by atoms with Crippen LogP contribution in [0.2, 0.25) is 0 Å². The van der Waals surface area contributed by atoms with Crippen molar-refractivity contribution in [1.29, 1.82) is 0 Å². The number of hydrogen-bond donors (Lipinski definition) is 0. The number of rotatable bonds is 4. The van der Waals surface area contributed by atoms with Crippen LogP contribution in [0.1, 0.15) is 21.7 Å². The first-order valence-electron chi connectivity index (χ1n) is 8.71. The lowest BCUT2D eigenvalue weighted by Gasteiger charge is -2.14. The number of esters is 1. The van der Waals surface area contributed by atoms with E-state index in [2.05, 4.69) is 0 Å². The molecule has 0 radical (unpaired) electrons. The zero-order valence-electron chi connectivity index (χ0n) is 15.3. The molecule has 1 saturated heterocycles. The van der Waals surface area contributed by atoms with Crippen molar-refractivity contribution in [3.63, 3.8) is 0 Å². The second kappa shape index (κ2) is 8.06. The highest BCUT2D eigenvalue weighted by atomic mass is 32.2. The molecule has 144 valence electrons. The van der Waals surface area contributed by atoms with Crippen LogP contribution in [0.3, 0.4) is 0 Å². The van der Waals surface area contributed by atoms with Gasteiger partial charge in [-0.1, -0.05) is 53.8 Å². The number of aryl methyl sites for hydroxylation is 1. The first-order chi connectivity index (χ1) is 14.0. The standard InChI is InChI=1S/C22H15NO4S2/c1-14-7-9-16(10-8-14)23-20(24)19(29-22(23)28)13-15-4-2-5-17(12-15)27-21(25)18-6-3-11-26-18/h2-13H,1H3. The van der Waals surface area contributed by atoms with Gasteiger partial charge in [-0.25, -0.2) is 4.79 Å². The van der Waals surface area contributed by atoms with E-state index < -0.39 is 5.97 Å². The number of nitrogens with zero attached hydrogens (tertiary/aromatic N) is 1. The number of amides is 1. The smallest absolute Gasteiger partial charge is 0.379 e. The van der Waals surface area contributed by atoms with Crippen LogP contribution < -0.4 is 9.64 Å². The number of thiocarbonyl (C=S) groups is 1. The van der Waals surface area contributed by atoms with Crippen LogP contribution in [-0.4, -0.2) is 16.2 Å². The van der Waals surface area contributed by atoms with Crippen LogP contribution in [0.15, 0.2) is 76.2 Å². The zero-order valence-corrected chi connectivity index (χ0v) is 17.0. The van der Waals surface area contributed by atoms with Crippen LogP contribution >= 0.6 is 24.0 Å². The van der Waals surface area contributed by atoms with Gasteiger partial charge in [0.25, 0.3) is 5.91 Å². The fraction of sp³-hybridized carbons (Fsp3) is 0.0455. The first kappa shape index (κ1) is 19.2. The molecule has 7 heteroatoms. The molecule has 29 heavy (non-hydrogen) atoms. The third-order valence-electron chi connectivity index (χ3n) is 4.17. The Morgan fingerprint density at radius 3 is 2.66 bits per heavy atom. The predicted octanol–water partition coefficient (Wildman–Crippen LogP) is 5.21. The van der Waals surface area contributed by atoms with Crippen LogP contribution in [-0.2, 0) is 4.79 Å². The van der Waals surface area contributed by atoms with E-state index in [0.29, 0.717) is 15.0 Å². The van der Waals surface area contributed by atoms with Gasteiger partial charge in [-0.15, -0.1) is 0 Å². The van der Waals surface area contributed by atoms with Gasteiger partial charge in [-0.3, -0.25) is 9.69 Å². The van der Waals surface area contributed by atoms with Crippen molar-refractivity contribution in [2.75, 3.05) is 4.90 Å². The Hall–Kier alpha value is -3.16. The third-order valence-corrected chi connectivity index (χ3v) is 5.48. The fourth-order valence-corrected chi connectivity index (χ4v) is 4.05. The van der Waals surface area contributed by atoms with E-state index in [4.69, 9.17) is 21.4 Å². The van der Waals surface area contributed by atoms with Crippen molar-refractivity contribution in [2.24, 2.45) is 0 Å². The number of carbonyl (C=O) groups excluding carboxylic acids is 2. The maximum absolute atomic E-state index is 12.9. The minimum Gasteiger partial charge on any atom is -0.457 e. The lowest BCUT2D eigenvalue weighted by Crippen LogP contribution is -2.27. The molecule has 0 saturated carbocycles. The summed E-state index contributed by atoms with van der Waals surface area (Å²) in [6, 6.07) is 17.7. The van der Waals surface area contributed by atoms with Crippen molar-refractivity contribution < 1.29 is 18.7 Å².